The van der Waals surface area contributed by atoms with E-state index in [1.165, 1.54) is 11.1 Å². The quantitative estimate of drug-likeness (QED) is 0.642. The van der Waals surface area contributed by atoms with E-state index < -0.39 is 0 Å². The molecule has 144 valence electrons. The Bertz CT molecular complexity index is 841. The van der Waals surface area contributed by atoms with Gasteiger partial charge in [0.15, 0.2) is 11.5 Å². The van der Waals surface area contributed by atoms with Gasteiger partial charge in [-0.05, 0) is 70.5 Å². The number of benzene rings is 2. The third-order valence-corrected chi connectivity index (χ3v) is 5.34. The molecule has 1 N–H and O–H groups in total. The third-order valence-electron chi connectivity index (χ3n) is 4.67. The van der Waals surface area contributed by atoms with Gasteiger partial charge in [0.1, 0.15) is 5.75 Å². The van der Waals surface area contributed by atoms with Gasteiger partial charge in [-0.3, -0.25) is 9.69 Å². The second kappa shape index (κ2) is 8.79. The lowest BCUT2D eigenvalue weighted by atomic mass is 9.99. The minimum absolute atomic E-state index is 0.136. The summed E-state index contributed by atoms with van der Waals surface area (Å²) in [5.41, 5.74) is 3.00. The molecule has 3 rings (SSSR count). The Labute approximate surface area is 172 Å². The van der Waals surface area contributed by atoms with Gasteiger partial charge in [-0.15, -0.1) is 0 Å². The fourth-order valence-electron chi connectivity index (χ4n) is 3.21. The number of hydrogen-bond acceptors (Lipinski definition) is 5. The van der Waals surface area contributed by atoms with Crippen molar-refractivity contribution in [1.29, 1.82) is 0 Å². The Morgan fingerprint density at radius 2 is 1.70 bits per heavy atom. The lowest BCUT2D eigenvalue weighted by Crippen LogP contribution is -2.40. The van der Waals surface area contributed by atoms with Gasteiger partial charge >= 0.3 is 0 Å². The summed E-state index contributed by atoms with van der Waals surface area (Å²) >= 11 is 2.19. The zero-order chi connectivity index (χ0) is 19.4. The number of hydrogen-bond donors (Lipinski definition) is 1. The molecule has 1 amide bonds. The molecule has 0 bridgehead atoms. The molecule has 0 aromatic heterocycles. The molecule has 1 aliphatic rings. The Balaban J connectivity index is 1.67. The lowest BCUT2D eigenvalue weighted by Gasteiger charge is -2.29. The summed E-state index contributed by atoms with van der Waals surface area (Å²) in [6.45, 7) is 2.09. The monoisotopic (exact) mass is 482 g/mol. The second-order valence-corrected chi connectivity index (χ2v) is 7.53. The van der Waals surface area contributed by atoms with Crippen LogP contribution in [0.15, 0.2) is 30.3 Å². The van der Waals surface area contributed by atoms with E-state index in [2.05, 4.69) is 32.8 Å². The summed E-state index contributed by atoms with van der Waals surface area (Å²) in [5, 5.41) is 3.00. The molecule has 0 saturated heterocycles. The minimum Gasteiger partial charge on any atom is -0.496 e. The van der Waals surface area contributed by atoms with Gasteiger partial charge in [0.05, 0.1) is 33.6 Å². The molecule has 27 heavy (non-hydrogen) atoms. The number of nitrogens with one attached hydrogen (secondary N) is 1. The van der Waals surface area contributed by atoms with Gasteiger partial charge in [-0.25, -0.2) is 0 Å². The Kier molecular flexibility index (Phi) is 6.43. The second-order valence-electron chi connectivity index (χ2n) is 6.29. The smallest absolute Gasteiger partial charge is 0.256 e. The molecular weight excluding hydrogens is 459 g/mol. The fourth-order valence-corrected chi connectivity index (χ4v) is 3.70. The van der Waals surface area contributed by atoms with Crippen LogP contribution in [-0.4, -0.2) is 45.3 Å². The van der Waals surface area contributed by atoms with Crippen molar-refractivity contribution in [2.75, 3.05) is 34.5 Å². The molecule has 0 radical (unpaired) electrons. The number of carbonyl (C=O) groups excluding carboxylic acids is 1. The fraction of sp³-hybridized carbons (Fsp3) is 0.350. The molecule has 0 fully saturated rings. The third kappa shape index (κ3) is 4.47. The first-order chi connectivity index (χ1) is 13.0. The number of fused-ring (bicyclic) bond motifs is 1. The first-order valence-corrected chi connectivity index (χ1v) is 9.71. The van der Waals surface area contributed by atoms with Gasteiger partial charge in [0, 0.05) is 16.7 Å². The predicted octanol–water partition coefficient (Wildman–Crippen LogP) is 3.06. The number of halogens is 1. The number of rotatable bonds is 6. The standard InChI is InChI=1S/C20H23IN2O4/c1-25-17-5-4-15(21)10-16(17)20(24)22-12-23-7-6-13-8-18(26-2)19(27-3)9-14(13)11-23/h4-5,8-10H,6-7,11-12H2,1-3H3,(H,22,24). The van der Waals surface area contributed by atoms with Crippen LogP contribution in [0.25, 0.3) is 0 Å². The van der Waals surface area contributed by atoms with Gasteiger partial charge in [-0.1, -0.05) is 0 Å². The average Bonchev–Trinajstić information content (AvgIpc) is 2.70. The van der Waals surface area contributed by atoms with Crippen LogP contribution in [-0.2, 0) is 13.0 Å². The van der Waals surface area contributed by atoms with Gasteiger partial charge < -0.3 is 19.5 Å². The highest BCUT2D eigenvalue weighted by atomic mass is 127. The Morgan fingerprint density at radius 1 is 1.04 bits per heavy atom. The summed E-state index contributed by atoms with van der Waals surface area (Å²) in [7, 11) is 4.86. The molecule has 0 aliphatic carbocycles. The first kappa shape index (κ1) is 19.8. The molecule has 0 saturated carbocycles. The number of carbonyl (C=O) groups is 1. The van der Waals surface area contributed by atoms with Crippen molar-refractivity contribution in [3.8, 4) is 17.2 Å². The van der Waals surface area contributed by atoms with Crippen molar-refractivity contribution in [2.24, 2.45) is 0 Å². The molecule has 7 heteroatoms. The van der Waals surface area contributed by atoms with E-state index in [-0.39, 0.29) is 5.91 Å². The number of nitrogens with zero attached hydrogens (tertiary/aromatic N) is 1. The normalized spacial score (nSPS) is 13.6. The number of amides is 1. The summed E-state index contributed by atoms with van der Waals surface area (Å²) in [6, 6.07) is 9.62. The topological polar surface area (TPSA) is 60.0 Å². The van der Waals surface area contributed by atoms with Crippen molar-refractivity contribution in [2.45, 2.75) is 13.0 Å². The lowest BCUT2D eigenvalue weighted by molar-refractivity contribution is 0.0914. The van der Waals surface area contributed by atoms with Crippen LogP contribution in [0.4, 0.5) is 0 Å². The molecule has 1 aliphatic heterocycles. The van der Waals surface area contributed by atoms with E-state index >= 15 is 0 Å². The van der Waals surface area contributed by atoms with Crippen molar-refractivity contribution >= 4 is 28.5 Å². The van der Waals surface area contributed by atoms with Crippen molar-refractivity contribution in [3.05, 3.63) is 50.6 Å². The molecule has 0 atom stereocenters. The average molecular weight is 482 g/mol. The maximum absolute atomic E-state index is 12.6. The van der Waals surface area contributed by atoms with Gasteiger partial charge in [0.25, 0.3) is 5.91 Å². The van der Waals surface area contributed by atoms with Crippen LogP contribution < -0.4 is 19.5 Å². The summed E-state index contributed by atoms with van der Waals surface area (Å²) in [5.74, 6) is 1.92. The summed E-state index contributed by atoms with van der Waals surface area (Å²) < 4.78 is 17.1. The molecule has 2 aromatic carbocycles. The van der Waals surface area contributed by atoms with E-state index in [4.69, 9.17) is 14.2 Å². The number of ether oxygens (including phenoxy) is 3. The Morgan fingerprint density at radius 3 is 2.37 bits per heavy atom. The molecular formula is C20H23IN2O4. The highest BCUT2D eigenvalue weighted by Gasteiger charge is 2.20. The van der Waals surface area contributed by atoms with E-state index in [0.717, 1.165) is 34.6 Å². The highest BCUT2D eigenvalue weighted by Crippen LogP contribution is 2.33. The van der Waals surface area contributed by atoms with Crippen molar-refractivity contribution < 1.29 is 19.0 Å². The van der Waals surface area contributed by atoms with Crippen LogP contribution in [0.1, 0.15) is 21.5 Å². The van der Waals surface area contributed by atoms with Crippen LogP contribution >= 0.6 is 22.6 Å². The maximum atomic E-state index is 12.6. The van der Waals surface area contributed by atoms with Crippen molar-refractivity contribution in [3.63, 3.8) is 0 Å². The molecule has 0 unspecified atom stereocenters. The van der Waals surface area contributed by atoms with E-state index in [9.17, 15) is 4.79 Å². The van der Waals surface area contributed by atoms with Crippen LogP contribution in [0.3, 0.4) is 0 Å². The van der Waals surface area contributed by atoms with Crippen molar-refractivity contribution in [1.82, 2.24) is 10.2 Å². The predicted molar refractivity (Wildman–Crippen MR) is 112 cm³/mol. The molecule has 6 nitrogen and oxygen atoms in total. The van der Waals surface area contributed by atoms with Crippen LogP contribution in [0, 0.1) is 3.57 Å². The zero-order valence-corrected chi connectivity index (χ0v) is 17.8. The highest BCUT2D eigenvalue weighted by molar-refractivity contribution is 14.1. The van der Waals surface area contributed by atoms with Crippen LogP contribution in [0.5, 0.6) is 17.2 Å². The van der Waals surface area contributed by atoms with E-state index in [1.54, 1.807) is 21.3 Å². The molecule has 2 aromatic rings. The molecule has 1 heterocycles. The maximum Gasteiger partial charge on any atom is 0.256 e. The zero-order valence-electron chi connectivity index (χ0n) is 15.7. The summed E-state index contributed by atoms with van der Waals surface area (Å²) in [6.07, 6.45) is 0.901. The van der Waals surface area contributed by atoms with E-state index in [1.807, 2.05) is 30.3 Å². The molecule has 0 spiro atoms. The van der Waals surface area contributed by atoms with Gasteiger partial charge in [0.2, 0.25) is 0 Å². The minimum atomic E-state index is -0.136. The SMILES string of the molecule is COc1cc2c(cc1OC)CN(CNC(=O)c1cc(I)ccc1OC)CC2. The summed E-state index contributed by atoms with van der Waals surface area (Å²) in [4.78, 5) is 14.8. The first-order valence-electron chi connectivity index (χ1n) is 8.63. The van der Waals surface area contributed by atoms with Crippen LogP contribution in [0.2, 0.25) is 0 Å². The van der Waals surface area contributed by atoms with Gasteiger partial charge in [-0.2, -0.15) is 0 Å². The number of methoxy groups -OCH3 is 3. The largest absolute Gasteiger partial charge is 0.496 e. The Hall–Kier alpha value is -2.00. The van der Waals surface area contributed by atoms with E-state index in [0.29, 0.717) is 18.0 Å².